The molecule has 1 saturated heterocycles. The molecule has 4 nitrogen and oxygen atoms in total. The van der Waals surface area contributed by atoms with Crippen LogP contribution in [0.2, 0.25) is 0 Å². The van der Waals surface area contributed by atoms with E-state index < -0.39 is 12.1 Å². The Morgan fingerprint density at radius 3 is 2.50 bits per heavy atom. The van der Waals surface area contributed by atoms with E-state index in [1.165, 1.54) is 7.11 Å². The van der Waals surface area contributed by atoms with Gasteiger partial charge in [-0.05, 0) is 24.4 Å². The Kier molecular flexibility index (Phi) is 3.56. The van der Waals surface area contributed by atoms with Gasteiger partial charge in [0.25, 0.3) is 0 Å². The molecular weight excluding hydrogens is 267 g/mol. The lowest BCUT2D eigenvalue weighted by atomic mass is 9.96. The summed E-state index contributed by atoms with van der Waals surface area (Å²) in [5, 5.41) is 0.718. The van der Waals surface area contributed by atoms with E-state index in [0.29, 0.717) is 18.8 Å². The number of hydrogen-bond donors (Lipinski definition) is 1. The van der Waals surface area contributed by atoms with Gasteiger partial charge in [0, 0.05) is 13.1 Å². The minimum Gasteiger partial charge on any atom is -0.490 e. The second-order valence-electron chi connectivity index (χ2n) is 4.21. The summed E-state index contributed by atoms with van der Waals surface area (Å²) in [6.07, 6.45) is -3.89. The fourth-order valence-electron chi connectivity index (χ4n) is 2.09. The first-order valence-corrected chi connectivity index (χ1v) is 6.31. The van der Waals surface area contributed by atoms with Crippen LogP contribution in [0.5, 0.6) is 5.75 Å². The fraction of sp³-hybridized carbons (Fsp3) is 0.700. The van der Waals surface area contributed by atoms with Crippen molar-refractivity contribution in [2.24, 2.45) is 5.92 Å². The van der Waals surface area contributed by atoms with Crippen LogP contribution in [0.3, 0.4) is 0 Å². The first-order valence-electron chi connectivity index (χ1n) is 5.54. The van der Waals surface area contributed by atoms with Crippen molar-refractivity contribution in [2.45, 2.75) is 19.0 Å². The standard InChI is InChI=1S/C10H14F3N3OS/c1-17-7-8(14)15-18-9(7)16-4-2-6(3-5-16)10(11,12)13/h6H,2-5H2,1H3,(H2,14,15). The molecule has 1 aliphatic rings. The van der Waals surface area contributed by atoms with Gasteiger partial charge < -0.3 is 15.4 Å². The predicted octanol–water partition coefficient (Wildman–Crippen LogP) is 2.51. The summed E-state index contributed by atoms with van der Waals surface area (Å²) in [5.74, 6) is -0.453. The molecule has 102 valence electrons. The second-order valence-corrected chi connectivity index (χ2v) is 4.96. The largest absolute Gasteiger partial charge is 0.490 e. The lowest BCUT2D eigenvalue weighted by Gasteiger charge is -2.33. The molecule has 18 heavy (non-hydrogen) atoms. The molecule has 0 atom stereocenters. The molecule has 0 spiro atoms. The number of ether oxygens (including phenoxy) is 1. The van der Waals surface area contributed by atoms with Crippen molar-refractivity contribution < 1.29 is 17.9 Å². The van der Waals surface area contributed by atoms with Crippen molar-refractivity contribution in [1.82, 2.24) is 4.37 Å². The summed E-state index contributed by atoms with van der Waals surface area (Å²) < 4.78 is 46.7. The summed E-state index contributed by atoms with van der Waals surface area (Å²) >= 11 is 1.16. The van der Waals surface area contributed by atoms with Gasteiger partial charge in [0.2, 0.25) is 0 Å². The number of alkyl halides is 3. The number of nitrogens with zero attached hydrogens (tertiary/aromatic N) is 2. The van der Waals surface area contributed by atoms with Gasteiger partial charge in [-0.2, -0.15) is 17.5 Å². The first kappa shape index (κ1) is 13.3. The van der Waals surface area contributed by atoms with Crippen LogP contribution in [-0.2, 0) is 0 Å². The molecule has 1 fully saturated rings. The van der Waals surface area contributed by atoms with Gasteiger partial charge in [-0.25, -0.2) is 0 Å². The van der Waals surface area contributed by atoms with Gasteiger partial charge in [0.05, 0.1) is 13.0 Å². The Hall–Kier alpha value is -1.18. The average Bonchev–Trinajstić information content (AvgIpc) is 2.69. The zero-order chi connectivity index (χ0) is 13.3. The van der Waals surface area contributed by atoms with Crippen LogP contribution in [-0.4, -0.2) is 30.7 Å². The van der Waals surface area contributed by atoms with Crippen LogP contribution in [0.1, 0.15) is 12.8 Å². The maximum Gasteiger partial charge on any atom is 0.391 e. The van der Waals surface area contributed by atoms with Crippen LogP contribution in [0.15, 0.2) is 0 Å². The van der Waals surface area contributed by atoms with E-state index in [0.717, 1.165) is 16.5 Å². The molecule has 2 heterocycles. The molecule has 8 heteroatoms. The lowest BCUT2D eigenvalue weighted by molar-refractivity contribution is -0.179. The molecule has 1 aliphatic heterocycles. The van der Waals surface area contributed by atoms with E-state index in [9.17, 15) is 13.2 Å². The van der Waals surface area contributed by atoms with Crippen molar-refractivity contribution in [3.8, 4) is 5.75 Å². The number of rotatable bonds is 2. The first-order chi connectivity index (χ1) is 8.43. The number of methoxy groups -OCH3 is 1. The number of aromatic nitrogens is 1. The number of halogens is 3. The Morgan fingerprint density at radius 1 is 1.39 bits per heavy atom. The normalized spacial score (nSPS) is 18.1. The van der Waals surface area contributed by atoms with Crippen LogP contribution >= 0.6 is 11.5 Å². The molecule has 1 aromatic rings. The molecular formula is C10H14F3N3OS. The highest BCUT2D eigenvalue weighted by Gasteiger charge is 2.41. The zero-order valence-corrected chi connectivity index (χ0v) is 10.6. The summed E-state index contributed by atoms with van der Waals surface area (Å²) in [4.78, 5) is 1.86. The molecule has 0 aliphatic carbocycles. The quantitative estimate of drug-likeness (QED) is 0.905. The Labute approximate surface area is 107 Å². The third-order valence-corrected chi connectivity index (χ3v) is 4.01. The fourth-order valence-corrected chi connectivity index (χ4v) is 2.92. The minimum atomic E-state index is -4.09. The highest BCUT2D eigenvalue weighted by molar-refractivity contribution is 7.11. The molecule has 0 aromatic carbocycles. The zero-order valence-electron chi connectivity index (χ0n) is 9.83. The molecule has 0 bridgehead atoms. The van der Waals surface area contributed by atoms with E-state index >= 15 is 0 Å². The average molecular weight is 281 g/mol. The Balaban J connectivity index is 2.06. The van der Waals surface area contributed by atoms with Crippen LogP contribution < -0.4 is 15.4 Å². The van der Waals surface area contributed by atoms with Crippen LogP contribution in [0.4, 0.5) is 24.0 Å². The summed E-state index contributed by atoms with van der Waals surface area (Å²) in [5.41, 5.74) is 5.62. The Bertz CT molecular complexity index is 413. The van der Waals surface area contributed by atoms with Gasteiger partial charge in [-0.1, -0.05) is 0 Å². The van der Waals surface area contributed by atoms with Crippen molar-refractivity contribution in [3.63, 3.8) is 0 Å². The van der Waals surface area contributed by atoms with E-state index in [-0.39, 0.29) is 18.7 Å². The van der Waals surface area contributed by atoms with Gasteiger partial charge in [0.1, 0.15) is 0 Å². The van der Waals surface area contributed by atoms with E-state index in [1.807, 2.05) is 4.90 Å². The van der Waals surface area contributed by atoms with Crippen molar-refractivity contribution in [3.05, 3.63) is 0 Å². The highest BCUT2D eigenvalue weighted by atomic mass is 32.1. The van der Waals surface area contributed by atoms with E-state index in [2.05, 4.69) is 4.37 Å². The van der Waals surface area contributed by atoms with Crippen molar-refractivity contribution in [1.29, 1.82) is 0 Å². The monoisotopic (exact) mass is 281 g/mol. The predicted molar refractivity (Wildman–Crippen MR) is 64.1 cm³/mol. The molecule has 2 rings (SSSR count). The third kappa shape index (κ3) is 2.47. The summed E-state index contributed by atoms with van der Waals surface area (Å²) in [6.45, 7) is 0.699. The molecule has 0 unspecified atom stereocenters. The van der Waals surface area contributed by atoms with Crippen LogP contribution in [0.25, 0.3) is 0 Å². The maximum absolute atomic E-state index is 12.5. The van der Waals surface area contributed by atoms with Gasteiger partial charge in [-0.3, -0.25) is 0 Å². The molecule has 1 aromatic heterocycles. The van der Waals surface area contributed by atoms with Gasteiger partial charge >= 0.3 is 6.18 Å². The topological polar surface area (TPSA) is 51.4 Å². The number of anilines is 2. The molecule has 2 N–H and O–H groups in total. The summed E-state index contributed by atoms with van der Waals surface area (Å²) in [6, 6.07) is 0. The SMILES string of the molecule is COc1c(N)nsc1N1CCC(C(F)(F)F)CC1. The highest BCUT2D eigenvalue weighted by Crippen LogP contribution is 2.41. The molecule has 0 saturated carbocycles. The molecule has 0 radical (unpaired) electrons. The summed E-state index contributed by atoms with van der Waals surface area (Å²) in [7, 11) is 1.48. The van der Waals surface area contributed by atoms with E-state index in [4.69, 9.17) is 10.5 Å². The van der Waals surface area contributed by atoms with Crippen molar-refractivity contribution >= 4 is 22.4 Å². The smallest absolute Gasteiger partial charge is 0.391 e. The Morgan fingerprint density at radius 2 is 2.00 bits per heavy atom. The van der Waals surface area contributed by atoms with Crippen LogP contribution in [0, 0.1) is 5.92 Å². The maximum atomic E-state index is 12.5. The van der Waals surface area contributed by atoms with Gasteiger partial charge in [-0.15, -0.1) is 0 Å². The van der Waals surface area contributed by atoms with Crippen molar-refractivity contribution in [2.75, 3.05) is 30.8 Å². The molecule has 0 amide bonds. The minimum absolute atomic E-state index is 0.102. The van der Waals surface area contributed by atoms with E-state index in [1.54, 1.807) is 0 Å². The van der Waals surface area contributed by atoms with Gasteiger partial charge in [0.15, 0.2) is 16.6 Å². The number of piperidine rings is 1. The number of hydrogen-bond acceptors (Lipinski definition) is 5. The lowest BCUT2D eigenvalue weighted by Crippen LogP contribution is -2.38. The number of nitrogens with two attached hydrogens (primary N) is 1. The third-order valence-electron chi connectivity index (χ3n) is 3.11. The second kappa shape index (κ2) is 4.83. The number of nitrogen functional groups attached to an aromatic ring is 1.